The van der Waals surface area contributed by atoms with Crippen LogP contribution < -0.4 is 10.5 Å². The molecule has 0 amide bonds. The molecule has 8 nitrogen and oxygen atoms in total. The van der Waals surface area contributed by atoms with Gasteiger partial charge in [-0.1, -0.05) is 0 Å². The molecule has 0 bridgehead atoms. The molecule has 1 rings (SSSR count). The monoisotopic (exact) mass is 296 g/mol. The molecular weight excluding hydrogens is 280 g/mol. The van der Waals surface area contributed by atoms with Crippen molar-refractivity contribution in [2.24, 2.45) is 5.73 Å². The normalized spacial score (nSPS) is 9.81. The number of nitrogens with two attached hydrogens (primary N) is 1. The van der Waals surface area contributed by atoms with Gasteiger partial charge < -0.3 is 19.9 Å². The number of esters is 1. The summed E-state index contributed by atoms with van der Waals surface area (Å²) in [5, 5.41) is 0. The second kappa shape index (κ2) is 8.64. The van der Waals surface area contributed by atoms with Crippen molar-refractivity contribution in [1.82, 2.24) is 4.98 Å². The molecule has 0 aliphatic carbocycles. The third-order valence-corrected chi connectivity index (χ3v) is 2.24. The molecule has 2 N–H and O–H groups in total. The van der Waals surface area contributed by atoms with E-state index >= 15 is 0 Å². The number of nitrogens with zero attached hydrogens (tertiary/aromatic N) is 1. The average Bonchev–Trinajstić information content (AvgIpc) is 2.45. The number of hydrogen-bond acceptors (Lipinski definition) is 8. The van der Waals surface area contributed by atoms with Gasteiger partial charge in [-0.15, -0.1) is 0 Å². The largest absolute Gasteiger partial charge is 0.513 e. The predicted molar refractivity (Wildman–Crippen MR) is 70.4 cm³/mol. The van der Waals surface area contributed by atoms with Crippen LogP contribution in [-0.2, 0) is 25.7 Å². The van der Waals surface area contributed by atoms with Gasteiger partial charge in [0.25, 0.3) is 0 Å². The highest BCUT2D eigenvalue weighted by Gasteiger charge is 2.09. The maximum atomic E-state index is 11.4. The summed E-state index contributed by atoms with van der Waals surface area (Å²) in [6, 6.07) is 2.89. The molecule has 0 fully saturated rings. The van der Waals surface area contributed by atoms with E-state index in [4.69, 9.17) is 19.9 Å². The zero-order valence-electron chi connectivity index (χ0n) is 11.5. The first kappa shape index (κ1) is 16.6. The van der Waals surface area contributed by atoms with Gasteiger partial charge in [0.15, 0.2) is 0 Å². The first-order valence-corrected chi connectivity index (χ1v) is 6.16. The number of carbonyl (C=O) groups excluding carboxylic acids is 3. The van der Waals surface area contributed by atoms with E-state index in [1.807, 2.05) is 0 Å². The molecule has 0 atom stereocenters. The minimum Gasteiger partial charge on any atom is -0.459 e. The van der Waals surface area contributed by atoms with Crippen LogP contribution in [0, 0.1) is 0 Å². The van der Waals surface area contributed by atoms with E-state index in [-0.39, 0.29) is 37.7 Å². The standard InChI is InChI=1S/C13H16N2O6/c1-9(16)20-8-10-6-12(2-4-15-10)21-13(18)19-5-3-11(17)7-14/h2,4,6H,3,5,7-8,14H2,1H3. The minimum atomic E-state index is -0.940. The number of ether oxygens (including phenoxy) is 3. The first-order chi connectivity index (χ1) is 10.0. The highest BCUT2D eigenvalue weighted by Crippen LogP contribution is 2.12. The molecule has 1 heterocycles. The van der Waals surface area contributed by atoms with Crippen LogP contribution in [-0.4, -0.2) is 36.0 Å². The van der Waals surface area contributed by atoms with Crippen molar-refractivity contribution in [1.29, 1.82) is 0 Å². The van der Waals surface area contributed by atoms with E-state index in [9.17, 15) is 14.4 Å². The summed E-state index contributed by atoms with van der Waals surface area (Å²) in [5.41, 5.74) is 5.54. The van der Waals surface area contributed by atoms with Crippen LogP contribution in [0.2, 0.25) is 0 Å². The third kappa shape index (κ3) is 7.02. The topological polar surface area (TPSA) is 118 Å². The van der Waals surface area contributed by atoms with Crippen LogP contribution >= 0.6 is 0 Å². The highest BCUT2D eigenvalue weighted by atomic mass is 16.7. The Kier molecular flexibility index (Phi) is 6.82. The van der Waals surface area contributed by atoms with Gasteiger partial charge in [-0.25, -0.2) is 4.79 Å². The molecule has 8 heteroatoms. The third-order valence-electron chi connectivity index (χ3n) is 2.24. The van der Waals surface area contributed by atoms with Crippen LogP contribution in [0.3, 0.4) is 0 Å². The molecule has 0 aromatic carbocycles. The minimum absolute atomic E-state index is 0.0212. The average molecular weight is 296 g/mol. The smallest absolute Gasteiger partial charge is 0.459 e. The van der Waals surface area contributed by atoms with E-state index in [0.29, 0.717) is 5.69 Å². The molecule has 1 aromatic heterocycles. The number of rotatable bonds is 7. The lowest BCUT2D eigenvalue weighted by molar-refractivity contribution is -0.142. The van der Waals surface area contributed by atoms with Crippen molar-refractivity contribution >= 4 is 17.9 Å². The number of Topliss-reactive ketones (excluding diaryl/α,β-unsaturated/α-hetero) is 1. The molecule has 1 aromatic rings. The second-order valence-corrected chi connectivity index (χ2v) is 3.96. The number of ketones is 1. The van der Waals surface area contributed by atoms with E-state index in [1.54, 1.807) is 0 Å². The number of carbonyl (C=O) groups is 3. The lowest BCUT2D eigenvalue weighted by atomic mass is 10.3. The van der Waals surface area contributed by atoms with Crippen LogP contribution in [0.4, 0.5) is 4.79 Å². The Labute approximate surface area is 121 Å². The van der Waals surface area contributed by atoms with Gasteiger partial charge in [0.1, 0.15) is 24.7 Å². The second-order valence-electron chi connectivity index (χ2n) is 3.96. The Morgan fingerprint density at radius 1 is 1.29 bits per heavy atom. The van der Waals surface area contributed by atoms with Crippen molar-refractivity contribution in [3.05, 3.63) is 24.0 Å². The van der Waals surface area contributed by atoms with Crippen molar-refractivity contribution in [2.45, 2.75) is 20.0 Å². The van der Waals surface area contributed by atoms with E-state index in [1.165, 1.54) is 25.3 Å². The van der Waals surface area contributed by atoms with E-state index in [0.717, 1.165) is 0 Å². The van der Waals surface area contributed by atoms with Crippen LogP contribution in [0.15, 0.2) is 18.3 Å². The summed E-state index contributed by atoms with van der Waals surface area (Å²) < 4.78 is 14.4. The Balaban J connectivity index is 2.43. The number of aromatic nitrogens is 1. The van der Waals surface area contributed by atoms with Gasteiger partial charge in [0.2, 0.25) is 0 Å². The number of hydrogen-bond donors (Lipinski definition) is 1. The fourth-order valence-electron chi connectivity index (χ4n) is 1.25. The SMILES string of the molecule is CC(=O)OCc1cc(OC(=O)OCCC(=O)CN)ccn1. The zero-order valence-corrected chi connectivity index (χ0v) is 11.5. The van der Waals surface area contributed by atoms with Crippen molar-refractivity contribution in [3.8, 4) is 5.75 Å². The lowest BCUT2D eigenvalue weighted by Crippen LogP contribution is -2.18. The van der Waals surface area contributed by atoms with Crippen LogP contribution in [0.25, 0.3) is 0 Å². The molecule has 0 saturated carbocycles. The highest BCUT2D eigenvalue weighted by molar-refractivity contribution is 5.80. The van der Waals surface area contributed by atoms with E-state index < -0.39 is 12.1 Å². The van der Waals surface area contributed by atoms with Crippen molar-refractivity contribution in [3.63, 3.8) is 0 Å². The van der Waals surface area contributed by atoms with Gasteiger partial charge >= 0.3 is 12.1 Å². The molecule has 21 heavy (non-hydrogen) atoms. The number of pyridine rings is 1. The summed E-state index contributed by atoms with van der Waals surface area (Å²) in [6.45, 7) is 1.06. The summed E-state index contributed by atoms with van der Waals surface area (Å²) >= 11 is 0. The molecule has 0 aliphatic heterocycles. The van der Waals surface area contributed by atoms with Crippen LogP contribution in [0.1, 0.15) is 19.0 Å². The van der Waals surface area contributed by atoms with Crippen LogP contribution in [0.5, 0.6) is 5.75 Å². The zero-order chi connectivity index (χ0) is 15.7. The first-order valence-electron chi connectivity index (χ1n) is 6.16. The summed E-state index contributed by atoms with van der Waals surface area (Å²) in [6.07, 6.45) is 0.503. The van der Waals surface area contributed by atoms with Gasteiger partial charge in [-0.3, -0.25) is 14.6 Å². The van der Waals surface area contributed by atoms with E-state index in [2.05, 4.69) is 4.98 Å². The van der Waals surface area contributed by atoms with Gasteiger partial charge in [-0.05, 0) is 6.07 Å². The fourth-order valence-corrected chi connectivity index (χ4v) is 1.25. The molecular formula is C13H16N2O6. The Bertz CT molecular complexity index is 517. The Morgan fingerprint density at radius 2 is 2.05 bits per heavy atom. The van der Waals surface area contributed by atoms with Gasteiger partial charge in [0, 0.05) is 25.6 Å². The Morgan fingerprint density at radius 3 is 2.71 bits per heavy atom. The predicted octanol–water partition coefficient (Wildman–Crippen LogP) is 0.578. The Hall–Kier alpha value is -2.48. The quantitative estimate of drug-likeness (QED) is 0.726. The summed E-state index contributed by atoms with van der Waals surface area (Å²) in [4.78, 5) is 36.9. The lowest BCUT2D eigenvalue weighted by Gasteiger charge is -2.06. The van der Waals surface area contributed by atoms with Crippen molar-refractivity contribution < 1.29 is 28.6 Å². The summed E-state index contributed by atoms with van der Waals surface area (Å²) in [7, 11) is 0. The molecule has 0 unspecified atom stereocenters. The maximum Gasteiger partial charge on any atom is 0.513 e. The molecule has 0 radical (unpaired) electrons. The molecule has 0 saturated heterocycles. The fraction of sp³-hybridized carbons (Fsp3) is 0.385. The summed E-state index contributed by atoms with van der Waals surface area (Å²) in [5.74, 6) is -0.454. The molecule has 114 valence electrons. The maximum absolute atomic E-state index is 11.4. The van der Waals surface area contributed by atoms with Crippen molar-refractivity contribution in [2.75, 3.05) is 13.2 Å². The van der Waals surface area contributed by atoms with Gasteiger partial charge in [-0.2, -0.15) is 0 Å². The molecule has 0 spiro atoms. The van der Waals surface area contributed by atoms with Gasteiger partial charge in [0.05, 0.1) is 12.2 Å². The molecule has 0 aliphatic rings.